The van der Waals surface area contributed by atoms with Crippen molar-refractivity contribution in [1.29, 1.82) is 0 Å². The van der Waals surface area contributed by atoms with Crippen LogP contribution in [0.3, 0.4) is 0 Å². The van der Waals surface area contributed by atoms with E-state index in [9.17, 15) is 14.7 Å². The van der Waals surface area contributed by atoms with Crippen LogP contribution >= 0.6 is 0 Å². The van der Waals surface area contributed by atoms with Crippen LogP contribution in [-0.2, 0) is 25.7 Å². The number of benzene rings is 1. The predicted molar refractivity (Wildman–Crippen MR) is 77.3 cm³/mol. The van der Waals surface area contributed by atoms with E-state index in [1.807, 2.05) is 18.2 Å². The second kappa shape index (κ2) is 6.72. The highest BCUT2D eigenvalue weighted by molar-refractivity contribution is 5.85. The van der Waals surface area contributed by atoms with E-state index in [0.717, 1.165) is 5.56 Å². The molecule has 0 fully saturated rings. The van der Waals surface area contributed by atoms with Crippen LogP contribution in [0.4, 0.5) is 0 Å². The van der Waals surface area contributed by atoms with Gasteiger partial charge in [0.05, 0.1) is 6.42 Å². The number of hydrogen-bond acceptors (Lipinski definition) is 5. The van der Waals surface area contributed by atoms with Gasteiger partial charge in [-0.2, -0.15) is 0 Å². The molecule has 116 valence electrons. The lowest BCUT2D eigenvalue weighted by Crippen LogP contribution is -2.40. The lowest BCUT2D eigenvalue weighted by molar-refractivity contribution is -0.175. The van der Waals surface area contributed by atoms with Crippen molar-refractivity contribution in [3.8, 4) is 0 Å². The highest BCUT2D eigenvalue weighted by Gasteiger charge is 2.36. The molecule has 0 aromatic heterocycles. The van der Waals surface area contributed by atoms with E-state index in [1.54, 1.807) is 32.9 Å². The molecule has 1 aromatic carbocycles. The molecule has 0 heterocycles. The number of ether oxygens (including phenoxy) is 2. The fourth-order valence-electron chi connectivity index (χ4n) is 1.61. The average molecular weight is 294 g/mol. The Balaban J connectivity index is 2.53. The molecule has 0 saturated heterocycles. The minimum absolute atomic E-state index is 0.0458. The number of carbonyl (C=O) groups is 2. The van der Waals surface area contributed by atoms with E-state index < -0.39 is 29.6 Å². The molecule has 0 amide bonds. The van der Waals surface area contributed by atoms with Crippen LogP contribution in [0.5, 0.6) is 0 Å². The Morgan fingerprint density at radius 3 is 2.19 bits per heavy atom. The number of rotatable bonds is 5. The number of esters is 2. The van der Waals surface area contributed by atoms with Gasteiger partial charge in [-0.1, -0.05) is 30.3 Å². The Morgan fingerprint density at radius 1 is 1.10 bits per heavy atom. The molecule has 0 saturated carbocycles. The zero-order valence-corrected chi connectivity index (χ0v) is 12.9. The zero-order chi connectivity index (χ0) is 16.1. The standard InChI is InChI=1S/C16H22O5/c1-15(2,3)21-13(17)10-16(4,19)14(18)20-11-12-8-6-5-7-9-12/h5-9,19H,10-11H2,1-4H3/t16-/m0/s1. The third kappa shape index (κ3) is 6.40. The summed E-state index contributed by atoms with van der Waals surface area (Å²) in [4.78, 5) is 23.5. The highest BCUT2D eigenvalue weighted by atomic mass is 16.6. The van der Waals surface area contributed by atoms with Gasteiger partial charge in [-0.05, 0) is 33.3 Å². The largest absolute Gasteiger partial charge is 0.460 e. The van der Waals surface area contributed by atoms with E-state index >= 15 is 0 Å². The first-order valence-electron chi connectivity index (χ1n) is 6.75. The van der Waals surface area contributed by atoms with Gasteiger partial charge in [0, 0.05) is 0 Å². The fraction of sp³-hybridized carbons (Fsp3) is 0.500. The monoisotopic (exact) mass is 294 g/mol. The topological polar surface area (TPSA) is 72.8 Å². The van der Waals surface area contributed by atoms with Gasteiger partial charge in [0.15, 0.2) is 5.60 Å². The maximum atomic E-state index is 11.9. The van der Waals surface area contributed by atoms with Gasteiger partial charge in [-0.3, -0.25) is 4.79 Å². The molecule has 0 unspecified atom stereocenters. The zero-order valence-electron chi connectivity index (χ0n) is 12.9. The van der Waals surface area contributed by atoms with Crippen LogP contribution in [0.25, 0.3) is 0 Å². The molecule has 0 aliphatic rings. The van der Waals surface area contributed by atoms with E-state index in [-0.39, 0.29) is 6.61 Å². The summed E-state index contributed by atoms with van der Waals surface area (Å²) >= 11 is 0. The smallest absolute Gasteiger partial charge is 0.338 e. The first-order valence-corrected chi connectivity index (χ1v) is 6.75. The Kier molecular flexibility index (Phi) is 5.49. The van der Waals surface area contributed by atoms with Gasteiger partial charge in [0.2, 0.25) is 0 Å². The maximum Gasteiger partial charge on any atom is 0.338 e. The molecule has 0 spiro atoms. The number of carbonyl (C=O) groups excluding carboxylic acids is 2. The van der Waals surface area contributed by atoms with Crippen LogP contribution in [0.1, 0.15) is 39.7 Å². The van der Waals surface area contributed by atoms with Crippen LogP contribution in [-0.4, -0.2) is 28.2 Å². The molecule has 21 heavy (non-hydrogen) atoms. The van der Waals surface area contributed by atoms with Crippen molar-refractivity contribution < 1.29 is 24.2 Å². The van der Waals surface area contributed by atoms with Crippen molar-refractivity contribution in [3.63, 3.8) is 0 Å². The van der Waals surface area contributed by atoms with Crippen molar-refractivity contribution in [2.75, 3.05) is 0 Å². The van der Waals surface area contributed by atoms with Crippen LogP contribution < -0.4 is 0 Å². The summed E-state index contributed by atoms with van der Waals surface area (Å²) in [7, 11) is 0. The van der Waals surface area contributed by atoms with Gasteiger partial charge in [0.1, 0.15) is 12.2 Å². The van der Waals surface area contributed by atoms with E-state index in [2.05, 4.69) is 0 Å². The first kappa shape index (κ1) is 17.2. The summed E-state index contributed by atoms with van der Waals surface area (Å²) in [6, 6.07) is 9.10. The quantitative estimate of drug-likeness (QED) is 0.843. The van der Waals surface area contributed by atoms with Gasteiger partial charge >= 0.3 is 11.9 Å². The molecule has 0 aliphatic heterocycles. The molecule has 1 aromatic rings. The Labute approximate surface area is 124 Å². The van der Waals surface area contributed by atoms with Gasteiger partial charge in [0.25, 0.3) is 0 Å². The molecule has 5 nitrogen and oxygen atoms in total. The van der Waals surface area contributed by atoms with Gasteiger partial charge in [-0.25, -0.2) is 4.79 Å². The van der Waals surface area contributed by atoms with Crippen LogP contribution in [0.15, 0.2) is 30.3 Å². The van der Waals surface area contributed by atoms with E-state index in [0.29, 0.717) is 0 Å². The molecular formula is C16H22O5. The SMILES string of the molecule is CC(C)(C)OC(=O)C[C@](C)(O)C(=O)OCc1ccccc1. The van der Waals surface area contributed by atoms with E-state index in [4.69, 9.17) is 9.47 Å². The van der Waals surface area contributed by atoms with Crippen molar-refractivity contribution in [2.45, 2.75) is 51.9 Å². The molecule has 0 bridgehead atoms. The molecule has 1 N–H and O–H groups in total. The third-order valence-electron chi connectivity index (χ3n) is 2.56. The number of hydrogen-bond donors (Lipinski definition) is 1. The second-order valence-corrected chi connectivity index (χ2v) is 6.10. The summed E-state index contributed by atoms with van der Waals surface area (Å²) in [6.07, 6.45) is -0.447. The van der Waals surface area contributed by atoms with Gasteiger partial charge < -0.3 is 14.6 Å². The van der Waals surface area contributed by atoms with E-state index in [1.165, 1.54) is 6.92 Å². The Bertz CT molecular complexity index is 485. The van der Waals surface area contributed by atoms with Crippen molar-refractivity contribution >= 4 is 11.9 Å². The van der Waals surface area contributed by atoms with Crippen LogP contribution in [0, 0.1) is 0 Å². The summed E-state index contributed by atoms with van der Waals surface area (Å²) in [5.74, 6) is -1.50. The van der Waals surface area contributed by atoms with Crippen molar-refractivity contribution in [3.05, 3.63) is 35.9 Å². The lowest BCUT2D eigenvalue weighted by atomic mass is 10.0. The minimum Gasteiger partial charge on any atom is -0.460 e. The summed E-state index contributed by atoms with van der Waals surface area (Å²) in [5, 5.41) is 10.1. The highest BCUT2D eigenvalue weighted by Crippen LogP contribution is 2.17. The van der Waals surface area contributed by atoms with Crippen molar-refractivity contribution in [1.82, 2.24) is 0 Å². The summed E-state index contributed by atoms with van der Waals surface area (Å²) in [6.45, 7) is 6.43. The fourth-order valence-corrected chi connectivity index (χ4v) is 1.61. The first-order chi connectivity index (χ1) is 9.60. The summed E-state index contributed by atoms with van der Waals surface area (Å²) in [5.41, 5.74) is -1.77. The van der Waals surface area contributed by atoms with Crippen molar-refractivity contribution in [2.24, 2.45) is 0 Å². The second-order valence-electron chi connectivity index (χ2n) is 6.10. The average Bonchev–Trinajstić information content (AvgIpc) is 2.34. The molecular weight excluding hydrogens is 272 g/mol. The van der Waals surface area contributed by atoms with Crippen LogP contribution in [0.2, 0.25) is 0 Å². The maximum absolute atomic E-state index is 11.9. The number of aliphatic hydroxyl groups is 1. The van der Waals surface area contributed by atoms with Gasteiger partial charge in [-0.15, -0.1) is 0 Å². The minimum atomic E-state index is -1.91. The normalized spacial score (nSPS) is 14.1. The molecule has 1 rings (SSSR count). The Morgan fingerprint density at radius 2 is 1.67 bits per heavy atom. The third-order valence-corrected chi connectivity index (χ3v) is 2.56. The molecule has 5 heteroatoms. The predicted octanol–water partition coefficient (Wildman–Crippen LogP) is 2.21. The molecule has 0 aliphatic carbocycles. The lowest BCUT2D eigenvalue weighted by Gasteiger charge is -2.24. The molecule has 1 atom stereocenters. The Hall–Kier alpha value is -1.88. The molecule has 0 radical (unpaired) electrons. The summed E-state index contributed by atoms with van der Waals surface area (Å²) < 4.78 is 10.1.